The summed E-state index contributed by atoms with van der Waals surface area (Å²) in [7, 11) is 0. The number of ether oxygens (including phenoxy) is 1. The number of pyridine rings is 1. The second kappa shape index (κ2) is 10.2. The van der Waals surface area contributed by atoms with Crippen molar-refractivity contribution in [3.8, 4) is 0 Å². The molecular formula is C22H28FN5O3. The molecule has 3 amide bonds. The third-order valence-corrected chi connectivity index (χ3v) is 5.15. The molecule has 9 heteroatoms. The van der Waals surface area contributed by atoms with Gasteiger partial charge < -0.3 is 20.3 Å². The van der Waals surface area contributed by atoms with Gasteiger partial charge in [0.05, 0.1) is 12.3 Å². The summed E-state index contributed by atoms with van der Waals surface area (Å²) >= 11 is 0. The molecule has 31 heavy (non-hydrogen) atoms. The molecular weight excluding hydrogens is 401 g/mol. The van der Waals surface area contributed by atoms with Crippen LogP contribution in [0.3, 0.4) is 0 Å². The van der Waals surface area contributed by atoms with Crippen LogP contribution in [-0.2, 0) is 11.3 Å². The number of hydrogen-bond acceptors (Lipinski definition) is 5. The van der Waals surface area contributed by atoms with Crippen molar-refractivity contribution < 1.29 is 18.7 Å². The maximum absolute atomic E-state index is 15.1. The number of aryl methyl sites for hydroxylation is 1. The van der Waals surface area contributed by atoms with Crippen molar-refractivity contribution in [1.29, 1.82) is 0 Å². The number of aromatic nitrogens is 1. The van der Waals surface area contributed by atoms with Crippen LogP contribution in [-0.4, -0.2) is 59.2 Å². The van der Waals surface area contributed by atoms with E-state index in [0.29, 0.717) is 44.0 Å². The molecule has 1 aliphatic rings. The number of rotatable bonds is 5. The highest BCUT2D eigenvalue weighted by Gasteiger charge is 2.28. The molecule has 2 N–H and O–H groups in total. The maximum Gasteiger partial charge on any atom is 0.409 e. The fraction of sp³-hybridized carbons (Fsp3) is 0.409. The predicted octanol–water partition coefficient (Wildman–Crippen LogP) is 3.84. The quantitative estimate of drug-likeness (QED) is 0.754. The highest BCUT2D eigenvalue weighted by molar-refractivity contribution is 5.99. The van der Waals surface area contributed by atoms with Gasteiger partial charge in [0.1, 0.15) is 0 Å². The lowest BCUT2D eigenvalue weighted by Crippen LogP contribution is -2.53. The van der Waals surface area contributed by atoms with Gasteiger partial charge in [-0.15, -0.1) is 0 Å². The number of benzene rings is 1. The average Bonchev–Trinajstić information content (AvgIpc) is 2.72. The molecule has 2 heterocycles. The van der Waals surface area contributed by atoms with E-state index < -0.39 is 11.8 Å². The Kier molecular flexibility index (Phi) is 7.41. The van der Waals surface area contributed by atoms with E-state index >= 15 is 4.39 Å². The summed E-state index contributed by atoms with van der Waals surface area (Å²) < 4.78 is 20.1. The molecule has 0 radical (unpaired) electrons. The standard InChI is InChI=1S/C22H28FN5O3/c1-4-31-22(30)28-11-10-27(16(3)13-28)14-17-6-5-7-19(20(17)23)26-21(29)25-18-8-9-24-15(2)12-18/h5-9,12,16H,4,10-11,13-14H2,1-3H3,(H2,24,25,26,29)/t16-/m0/s1. The first kappa shape index (κ1) is 22.5. The third-order valence-electron chi connectivity index (χ3n) is 5.15. The van der Waals surface area contributed by atoms with Gasteiger partial charge in [-0.05, 0) is 39.0 Å². The number of urea groups is 1. The van der Waals surface area contributed by atoms with Crippen LogP contribution >= 0.6 is 0 Å². The van der Waals surface area contributed by atoms with Crippen LogP contribution < -0.4 is 10.6 Å². The molecule has 1 atom stereocenters. The van der Waals surface area contributed by atoms with Crippen molar-refractivity contribution in [2.45, 2.75) is 33.4 Å². The summed E-state index contributed by atoms with van der Waals surface area (Å²) in [6, 6.07) is 7.85. The number of piperazine rings is 1. The number of halogens is 1. The number of anilines is 2. The summed E-state index contributed by atoms with van der Waals surface area (Å²) in [5, 5.41) is 5.25. The molecule has 2 aromatic rings. The molecule has 3 rings (SSSR count). The van der Waals surface area contributed by atoms with Gasteiger partial charge in [0.15, 0.2) is 5.82 Å². The molecule has 1 aliphatic heterocycles. The van der Waals surface area contributed by atoms with Gasteiger partial charge in [0.2, 0.25) is 0 Å². The molecule has 166 valence electrons. The van der Waals surface area contributed by atoms with Crippen molar-refractivity contribution in [1.82, 2.24) is 14.8 Å². The second-order valence-electron chi connectivity index (χ2n) is 7.51. The van der Waals surface area contributed by atoms with E-state index in [0.717, 1.165) is 5.69 Å². The van der Waals surface area contributed by atoms with E-state index in [1.807, 2.05) is 13.8 Å². The van der Waals surface area contributed by atoms with Crippen LogP contribution in [0, 0.1) is 12.7 Å². The number of amides is 3. The maximum atomic E-state index is 15.1. The SMILES string of the molecule is CCOC(=O)N1CCN(Cc2cccc(NC(=O)Nc3ccnc(C)c3)c2F)[C@@H](C)C1. The van der Waals surface area contributed by atoms with E-state index in [2.05, 4.69) is 20.5 Å². The Bertz CT molecular complexity index is 939. The number of nitrogens with one attached hydrogen (secondary N) is 2. The van der Waals surface area contributed by atoms with Gasteiger partial charge in [-0.25, -0.2) is 14.0 Å². The third kappa shape index (κ3) is 5.91. The zero-order valence-corrected chi connectivity index (χ0v) is 18.0. The highest BCUT2D eigenvalue weighted by atomic mass is 19.1. The minimum atomic E-state index is -0.530. The first-order chi connectivity index (χ1) is 14.9. The Hall–Kier alpha value is -3.20. The summed E-state index contributed by atoms with van der Waals surface area (Å²) in [6.45, 7) is 7.97. The molecule has 1 saturated heterocycles. The summed E-state index contributed by atoms with van der Waals surface area (Å²) in [5.41, 5.74) is 1.94. The Morgan fingerprint density at radius 2 is 2.06 bits per heavy atom. The van der Waals surface area contributed by atoms with Gasteiger partial charge in [0.25, 0.3) is 0 Å². The zero-order valence-electron chi connectivity index (χ0n) is 18.0. The fourth-order valence-corrected chi connectivity index (χ4v) is 3.54. The summed E-state index contributed by atoms with van der Waals surface area (Å²) in [6.07, 6.45) is 1.27. The monoisotopic (exact) mass is 429 g/mol. The second-order valence-corrected chi connectivity index (χ2v) is 7.51. The van der Waals surface area contributed by atoms with Crippen molar-refractivity contribution >= 4 is 23.5 Å². The molecule has 1 fully saturated rings. The zero-order chi connectivity index (χ0) is 22.4. The Morgan fingerprint density at radius 3 is 2.77 bits per heavy atom. The molecule has 0 saturated carbocycles. The minimum Gasteiger partial charge on any atom is -0.450 e. The predicted molar refractivity (Wildman–Crippen MR) is 116 cm³/mol. The molecule has 0 bridgehead atoms. The Morgan fingerprint density at radius 1 is 1.26 bits per heavy atom. The van der Waals surface area contributed by atoms with Crippen LogP contribution in [0.2, 0.25) is 0 Å². The van der Waals surface area contributed by atoms with Crippen molar-refractivity contribution in [2.75, 3.05) is 36.9 Å². The molecule has 0 unspecified atom stereocenters. The lowest BCUT2D eigenvalue weighted by atomic mass is 10.1. The van der Waals surface area contributed by atoms with Crippen molar-refractivity contribution in [3.63, 3.8) is 0 Å². The first-order valence-corrected chi connectivity index (χ1v) is 10.3. The van der Waals surface area contributed by atoms with Crippen LogP contribution in [0.25, 0.3) is 0 Å². The minimum absolute atomic E-state index is 0.0485. The smallest absolute Gasteiger partial charge is 0.409 e. The molecule has 1 aromatic heterocycles. The van der Waals surface area contributed by atoms with Gasteiger partial charge >= 0.3 is 12.1 Å². The highest BCUT2D eigenvalue weighted by Crippen LogP contribution is 2.22. The van der Waals surface area contributed by atoms with Crippen LogP contribution in [0.15, 0.2) is 36.5 Å². The van der Waals surface area contributed by atoms with E-state index in [1.54, 1.807) is 42.3 Å². The first-order valence-electron chi connectivity index (χ1n) is 10.3. The molecule has 8 nitrogen and oxygen atoms in total. The van der Waals surface area contributed by atoms with Gasteiger partial charge in [-0.2, -0.15) is 0 Å². The summed E-state index contributed by atoms with van der Waals surface area (Å²) in [4.78, 5) is 32.1. The van der Waals surface area contributed by atoms with Crippen LogP contribution in [0.5, 0.6) is 0 Å². The number of hydrogen-bond donors (Lipinski definition) is 2. The summed E-state index contributed by atoms with van der Waals surface area (Å²) in [5.74, 6) is -0.469. The number of nitrogens with zero attached hydrogens (tertiary/aromatic N) is 3. The van der Waals surface area contributed by atoms with Crippen molar-refractivity contribution in [2.24, 2.45) is 0 Å². The molecule has 0 spiro atoms. The number of carbonyl (C=O) groups is 2. The molecule has 0 aliphatic carbocycles. The normalized spacial score (nSPS) is 16.6. The molecule has 1 aromatic carbocycles. The lowest BCUT2D eigenvalue weighted by molar-refractivity contribution is 0.0540. The van der Waals surface area contributed by atoms with E-state index in [1.165, 1.54) is 6.07 Å². The largest absolute Gasteiger partial charge is 0.450 e. The van der Waals surface area contributed by atoms with Crippen molar-refractivity contribution in [3.05, 3.63) is 53.6 Å². The van der Waals surface area contributed by atoms with E-state index in [9.17, 15) is 9.59 Å². The van der Waals surface area contributed by atoms with Crippen LogP contribution in [0.1, 0.15) is 25.1 Å². The van der Waals surface area contributed by atoms with Gasteiger partial charge in [-0.1, -0.05) is 12.1 Å². The van der Waals surface area contributed by atoms with Gasteiger partial charge in [-0.3, -0.25) is 9.88 Å². The Balaban J connectivity index is 1.62. The number of carbonyl (C=O) groups excluding carboxylic acids is 2. The topological polar surface area (TPSA) is 86.8 Å². The van der Waals surface area contributed by atoms with E-state index in [4.69, 9.17) is 4.74 Å². The van der Waals surface area contributed by atoms with Gasteiger partial charge in [0, 0.05) is 55.4 Å². The Labute approximate surface area is 181 Å². The average molecular weight is 429 g/mol. The fourth-order valence-electron chi connectivity index (χ4n) is 3.54. The van der Waals surface area contributed by atoms with E-state index in [-0.39, 0.29) is 17.8 Å². The van der Waals surface area contributed by atoms with Crippen LogP contribution in [0.4, 0.5) is 25.4 Å². The lowest BCUT2D eigenvalue weighted by Gasteiger charge is -2.39.